The van der Waals surface area contributed by atoms with Crippen molar-refractivity contribution in [3.63, 3.8) is 0 Å². The predicted molar refractivity (Wildman–Crippen MR) is 95.0 cm³/mol. The summed E-state index contributed by atoms with van der Waals surface area (Å²) in [6.45, 7) is 0.730. The lowest BCUT2D eigenvalue weighted by Crippen LogP contribution is -1.99. The third kappa shape index (κ3) is 4.26. The predicted octanol–water partition coefficient (Wildman–Crippen LogP) is 4.31. The van der Waals surface area contributed by atoms with Gasteiger partial charge in [-0.3, -0.25) is 0 Å². The van der Waals surface area contributed by atoms with Crippen LogP contribution in [0.2, 0.25) is 0 Å². The van der Waals surface area contributed by atoms with Crippen LogP contribution in [0.3, 0.4) is 0 Å². The molecule has 4 nitrogen and oxygen atoms in total. The first kappa shape index (κ1) is 15.9. The molecule has 3 rings (SSSR count). The SMILES string of the molecule is Cn1c(SCCCCCOc2ccccn2)nc2ccccc21. The summed E-state index contributed by atoms with van der Waals surface area (Å²) in [5, 5.41) is 1.09. The van der Waals surface area contributed by atoms with Gasteiger partial charge in [0.2, 0.25) is 5.88 Å². The largest absolute Gasteiger partial charge is 0.478 e. The van der Waals surface area contributed by atoms with Gasteiger partial charge in [0.1, 0.15) is 0 Å². The van der Waals surface area contributed by atoms with Crippen molar-refractivity contribution >= 4 is 22.8 Å². The van der Waals surface area contributed by atoms with E-state index in [-0.39, 0.29) is 0 Å². The van der Waals surface area contributed by atoms with E-state index < -0.39 is 0 Å². The Labute approximate surface area is 140 Å². The van der Waals surface area contributed by atoms with E-state index in [1.807, 2.05) is 36.0 Å². The van der Waals surface area contributed by atoms with E-state index in [2.05, 4.69) is 39.8 Å². The summed E-state index contributed by atoms with van der Waals surface area (Å²) in [5.74, 6) is 1.79. The number of aromatic nitrogens is 3. The number of imidazole rings is 1. The number of rotatable bonds is 8. The molecule has 120 valence electrons. The Morgan fingerprint density at radius 1 is 1.04 bits per heavy atom. The maximum absolute atomic E-state index is 5.60. The maximum Gasteiger partial charge on any atom is 0.213 e. The quantitative estimate of drug-likeness (QED) is 0.456. The fourth-order valence-corrected chi connectivity index (χ4v) is 3.39. The summed E-state index contributed by atoms with van der Waals surface area (Å²) in [4.78, 5) is 8.82. The van der Waals surface area contributed by atoms with Gasteiger partial charge in [0.25, 0.3) is 0 Å². The Kier molecular flexibility index (Phi) is 5.53. The summed E-state index contributed by atoms with van der Waals surface area (Å²) in [6.07, 6.45) is 5.13. The number of unbranched alkanes of at least 4 members (excludes halogenated alkanes) is 2. The van der Waals surface area contributed by atoms with Crippen molar-refractivity contribution in [3.05, 3.63) is 48.7 Å². The zero-order valence-electron chi connectivity index (χ0n) is 13.3. The number of hydrogen-bond donors (Lipinski definition) is 0. The number of fused-ring (bicyclic) bond motifs is 1. The minimum Gasteiger partial charge on any atom is -0.478 e. The smallest absolute Gasteiger partial charge is 0.213 e. The van der Waals surface area contributed by atoms with Gasteiger partial charge in [0.05, 0.1) is 17.6 Å². The second-order valence-electron chi connectivity index (χ2n) is 5.37. The summed E-state index contributed by atoms with van der Waals surface area (Å²) in [7, 11) is 2.08. The first-order chi connectivity index (χ1) is 11.3. The highest BCUT2D eigenvalue weighted by molar-refractivity contribution is 7.99. The van der Waals surface area contributed by atoms with E-state index >= 15 is 0 Å². The first-order valence-corrected chi connectivity index (χ1v) is 8.91. The van der Waals surface area contributed by atoms with Gasteiger partial charge < -0.3 is 9.30 Å². The molecule has 0 saturated heterocycles. The third-order valence-electron chi connectivity index (χ3n) is 3.65. The molecule has 0 aliphatic carbocycles. The van der Waals surface area contributed by atoms with Gasteiger partial charge in [-0.05, 0) is 37.5 Å². The Bertz CT molecular complexity index is 742. The molecule has 0 amide bonds. The van der Waals surface area contributed by atoms with Crippen molar-refractivity contribution in [3.8, 4) is 5.88 Å². The molecule has 0 atom stereocenters. The molecule has 0 spiro atoms. The van der Waals surface area contributed by atoms with E-state index in [1.165, 1.54) is 11.9 Å². The van der Waals surface area contributed by atoms with Crippen molar-refractivity contribution < 1.29 is 4.74 Å². The molecule has 0 radical (unpaired) electrons. The van der Waals surface area contributed by atoms with E-state index in [1.54, 1.807) is 6.20 Å². The summed E-state index contributed by atoms with van der Waals surface area (Å²) in [6, 6.07) is 14.0. The minimum atomic E-state index is 0.710. The van der Waals surface area contributed by atoms with Crippen molar-refractivity contribution in [2.75, 3.05) is 12.4 Å². The van der Waals surface area contributed by atoms with Gasteiger partial charge in [-0.2, -0.15) is 0 Å². The highest BCUT2D eigenvalue weighted by Gasteiger charge is 2.06. The van der Waals surface area contributed by atoms with Crippen LogP contribution in [0.15, 0.2) is 53.8 Å². The fourth-order valence-electron chi connectivity index (χ4n) is 2.41. The molecule has 1 aromatic carbocycles. The van der Waals surface area contributed by atoms with Gasteiger partial charge >= 0.3 is 0 Å². The van der Waals surface area contributed by atoms with Crippen LogP contribution < -0.4 is 4.74 Å². The molecule has 0 saturated carbocycles. The molecule has 5 heteroatoms. The molecule has 0 aliphatic rings. The lowest BCUT2D eigenvalue weighted by atomic mass is 10.3. The monoisotopic (exact) mass is 327 g/mol. The first-order valence-electron chi connectivity index (χ1n) is 7.93. The van der Waals surface area contributed by atoms with Crippen LogP contribution in [0, 0.1) is 0 Å². The summed E-state index contributed by atoms with van der Waals surface area (Å²) >= 11 is 1.83. The topological polar surface area (TPSA) is 39.9 Å². The van der Waals surface area contributed by atoms with E-state index in [9.17, 15) is 0 Å². The van der Waals surface area contributed by atoms with E-state index in [4.69, 9.17) is 4.74 Å². The molecule has 23 heavy (non-hydrogen) atoms. The Morgan fingerprint density at radius 2 is 1.91 bits per heavy atom. The average molecular weight is 327 g/mol. The van der Waals surface area contributed by atoms with Gasteiger partial charge in [-0.25, -0.2) is 9.97 Å². The van der Waals surface area contributed by atoms with E-state index in [0.29, 0.717) is 5.88 Å². The number of pyridine rings is 1. The second kappa shape index (κ2) is 8.02. The Balaban J connectivity index is 1.36. The number of nitrogens with zero attached hydrogens (tertiary/aromatic N) is 3. The minimum absolute atomic E-state index is 0.710. The number of thioether (sulfide) groups is 1. The number of benzene rings is 1. The number of para-hydroxylation sites is 2. The van der Waals surface area contributed by atoms with E-state index in [0.717, 1.165) is 35.9 Å². The highest BCUT2D eigenvalue weighted by atomic mass is 32.2. The van der Waals surface area contributed by atoms with Gasteiger partial charge in [-0.15, -0.1) is 0 Å². The van der Waals surface area contributed by atoms with Gasteiger partial charge in [-0.1, -0.05) is 30.0 Å². The zero-order chi connectivity index (χ0) is 15.9. The second-order valence-corrected chi connectivity index (χ2v) is 6.43. The highest BCUT2D eigenvalue weighted by Crippen LogP contribution is 2.23. The van der Waals surface area contributed by atoms with Crippen LogP contribution in [0.4, 0.5) is 0 Å². The molecule has 0 N–H and O–H groups in total. The normalized spacial score (nSPS) is 11.0. The third-order valence-corrected chi connectivity index (χ3v) is 4.77. The van der Waals surface area contributed by atoms with Crippen molar-refractivity contribution in [2.24, 2.45) is 7.05 Å². The molecular formula is C18H21N3OS. The molecule has 0 fully saturated rings. The van der Waals surface area contributed by atoms with Gasteiger partial charge in [0.15, 0.2) is 5.16 Å². The van der Waals surface area contributed by atoms with Crippen LogP contribution in [-0.4, -0.2) is 26.9 Å². The van der Waals surface area contributed by atoms with Crippen LogP contribution in [0.1, 0.15) is 19.3 Å². The Hall–Kier alpha value is -2.01. The molecule has 3 aromatic rings. The number of aryl methyl sites for hydroxylation is 1. The van der Waals surface area contributed by atoms with Gasteiger partial charge in [0, 0.05) is 25.1 Å². The molecule has 0 bridgehead atoms. The van der Waals surface area contributed by atoms with Crippen molar-refractivity contribution in [1.82, 2.24) is 14.5 Å². The molecule has 0 unspecified atom stereocenters. The molecular weight excluding hydrogens is 306 g/mol. The molecule has 2 heterocycles. The lowest BCUT2D eigenvalue weighted by molar-refractivity contribution is 0.295. The fraction of sp³-hybridized carbons (Fsp3) is 0.333. The summed E-state index contributed by atoms with van der Waals surface area (Å²) < 4.78 is 7.77. The summed E-state index contributed by atoms with van der Waals surface area (Å²) in [5.41, 5.74) is 2.26. The number of ether oxygens (including phenoxy) is 1. The van der Waals surface area contributed by atoms with Crippen LogP contribution in [0.25, 0.3) is 11.0 Å². The zero-order valence-corrected chi connectivity index (χ0v) is 14.1. The molecule has 2 aromatic heterocycles. The lowest BCUT2D eigenvalue weighted by Gasteiger charge is -2.05. The Morgan fingerprint density at radius 3 is 2.74 bits per heavy atom. The van der Waals surface area contributed by atoms with Crippen molar-refractivity contribution in [1.29, 1.82) is 0 Å². The van der Waals surface area contributed by atoms with Crippen LogP contribution in [-0.2, 0) is 7.05 Å². The number of hydrogen-bond acceptors (Lipinski definition) is 4. The average Bonchev–Trinajstić information content (AvgIpc) is 2.91. The van der Waals surface area contributed by atoms with Crippen LogP contribution >= 0.6 is 11.8 Å². The van der Waals surface area contributed by atoms with Crippen molar-refractivity contribution in [2.45, 2.75) is 24.4 Å². The van der Waals surface area contributed by atoms with Crippen LogP contribution in [0.5, 0.6) is 5.88 Å². The molecule has 0 aliphatic heterocycles. The standard InChI is InChI=1S/C18H21N3OS/c1-21-16-10-4-3-9-15(16)20-18(21)23-14-8-2-7-13-22-17-11-5-6-12-19-17/h3-6,9-12H,2,7-8,13-14H2,1H3. The maximum atomic E-state index is 5.60.